The SMILES string of the molecule is CC(C)c1ccc(S(=O)(=O)N/N=C\c2cc(Cl)ccc2O)cc1. The van der Waals surface area contributed by atoms with E-state index in [-0.39, 0.29) is 10.6 Å². The number of phenolic OH excluding ortho intramolecular Hbond substituents is 1. The van der Waals surface area contributed by atoms with Crippen molar-refractivity contribution in [2.24, 2.45) is 5.10 Å². The summed E-state index contributed by atoms with van der Waals surface area (Å²) in [5.41, 5.74) is 1.37. The van der Waals surface area contributed by atoms with Crippen molar-refractivity contribution < 1.29 is 13.5 Å². The van der Waals surface area contributed by atoms with Crippen molar-refractivity contribution in [3.8, 4) is 5.75 Å². The summed E-state index contributed by atoms with van der Waals surface area (Å²) in [6.45, 7) is 4.06. The molecule has 0 radical (unpaired) electrons. The molecule has 7 heteroatoms. The summed E-state index contributed by atoms with van der Waals surface area (Å²) in [7, 11) is -3.76. The van der Waals surface area contributed by atoms with Crippen LogP contribution in [0.1, 0.15) is 30.9 Å². The monoisotopic (exact) mass is 352 g/mol. The molecule has 2 aromatic carbocycles. The largest absolute Gasteiger partial charge is 0.507 e. The van der Waals surface area contributed by atoms with Crippen molar-refractivity contribution in [1.82, 2.24) is 4.83 Å². The Balaban J connectivity index is 2.15. The predicted octanol–water partition coefficient (Wildman–Crippen LogP) is 3.48. The van der Waals surface area contributed by atoms with Crippen LogP contribution in [0.15, 0.2) is 52.5 Å². The number of hydrazone groups is 1. The van der Waals surface area contributed by atoms with Gasteiger partial charge in [0.1, 0.15) is 5.75 Å². The summed E-state index contributed by atoms with van der Waals surface area (Å²) in [6, 6.07) is 11.0. The van der Waals surface area contributed by atoms with Gasteiger partial charge in [-0.05, 0) is 41.8 Å². The summed E-state index contributed by atoms with van der Waals surface area (Å²) in [5, 5.41) is 13.7. The fraction of sp³-hybridized carbons (Fsp3) is 0.188. The molecule has 5 nitrogen and oxygen atoms in total. The minimum atomic E-state index is -3.76. The lowest BCUT2D eigenvalue weighted by Gasteiger charge is -2.07. The van der Waals surface area contributed by atoms with E-state index in [9.17, 15) is 13.5 Å². The van der Waals surface area contributed by atoms with Crippen LogP contribution in [0.25, 0.3) is 0 Å². The molecule has 0 aliphatic carbocycles. The number of halogens is 1. The Morgan fingerprint density at radius 1 is 1.17 bits per heavy atom. The molecule has 0 amide bonds. The van der Waals surface area contributed by atoms with Crippen molar-refractivity contribution in [2.75, 3.05) is 0 Å². The molecule has 0 aliphatic heterocycles. The predicted molar refractivity (Wildman–Crippen MR) is 91.6 cm³/mol. The summed E-state index contributed by atoms with van der Waals surface area (Å²) in [5.74, 6) is 0.280. The highest BCUT2D eigenvalue weighted by Gasteiger charge is 2.13. The van der Waals surface area contributed by atoms with Crippen LogP contribution in [0.4, 0.5) is 0 Å². The maximum atomic E-state index is 12.1. The first kappa shape index (κ1) is 17.3. The Kier molecular flexibility index (Phi) is 5.28. The van der Waals surface area contributed by atoms with E-state index in [4.69, 9.17) is 11.6 Å². The molecule has 23 heavy (non-hydrogen) atoms. The second kappa shape index (κ2) is 7.02. The van der Waals surface area contributed by atoms with Crippen LogP contribution in [-0.4, -0.2) is 19.7 Å². The molecule has 0 bridgehead atoms. The number of rotatable bonds is 5. The highest BCUT2D eigenvalue weighted by atomic mass is 35.5. The number of benzene rings is 2. The van der Waals surface area contributed by atoms with Crippen molar-refractivity contribution in [3.63, 3.8) is 0 Å². The quantitative estimate of drug-likeness (QED) is 0.638. The molecule has 2 N–H and O–H groups in total. The third-order valence-corrected chi connectivity index (χ3v) is 4.70. The van der Waals surface area contributed by atoms with Crippen LogP contribution in [0.5, 0.6) is 5.75 Å². The van der Waals surface area contributed by atoms with Gasteiger partial charge in [0, 0.05) is 10.6 Å². The maximum absolute atomic E-state index is 12.1. The number of sulfonamides is 1. The third kappa shape index (κ3) is 4.46. The van der Waals surface area contributed by atoms with E-state index in [1.807, 2.05) is 13.8 Å². The van der Waals surface area contributed by atoms with Gasteiger partial charge in [-0.25, -0.2) is 4.83 Å². The second-order valence-corrected chi connectivity index (χ2v) is 7.38. The number of phenols is 1. The molecule has 122 valence electrons. The van der Waals surface area contributed by atoms with E-state index in [0.29, 0.717) is 16.5 Å². The molecule has 0 heterocycles. The van der Waals surface area contributed by atoms with E-state index < -0.39 is 10.0 Å². The number of hydrogen-bond donors (Lipinski definition) is 2. The van der Waals surface area contributed by atoms with E-state index in [1.54, 1.807) is 12.1 Å². The first-order valence-corrected chi connectivity index (χ1v) is 8.79. The number of nitrogens with zero attached hydrogens (tertiary/aromatic N) is 1. The smallest absolute Gasteiger partial charge is 0.276 e. The lowest BCUT2D eigenvalue weighted by molar-refractivity contribution is 0.474. The average molecular weight is 353 g/mol. The Morgan fingerprint density at radius 2 is 1.83 bits per heavy atom. The van der Waals surface area contributed by atoms with Crippen molar-refractivity contribution in [2.45, 2.75) is 24.7 Å². The zero-order chi connectivity index (χ0) is 17.0. The van der Waals surface area contributed by atoms with Gasteiger partial charge in [0.25, 0.3) is 10.0 Å². The van der Waals surface area contributed by atoms with Crippen LogP contribution in [0.2, 0.25) is 5.02 Å². The standard InChI is InChI=1S/C16H17ClN2O3S/c1-11(2)12-3-6-15(7-4-12)23(21,22)19-18-10-13-9-14(17)5-8-16(13)20/h3-11,19-20H,1-2H3/b18-10-. The molecule has 2 rings (SSSR count). The minimum absolute atomic E-state index is 0.0429. The first-order valence-electron chi connectivity index (χ1n) is 6.93. The zero-order valence-corrected chi connectivity index (χ0v) is 14.3. The van der Waals surface area contributed by atoms with Gasteiger partial charge in [0.05, 0.1) is 11.1 Å². The molecule has 0 saturated heterocycles. The van der Waals surface area contributed by atoms with Crippen LogP contribution in [-0.2, 0) is 10.0 Å². The molecule has 0 unspecified atom stereocenters. The molecule has 0 spiro atoms. The van der Waals surface area contributed by atoms with Gasteiger partial charge < -0.3 is 5.11 Å². The topological polar surface area (TPSA) is 78.8 Å². The second-order valence-electron chi connectivity index (χ2n) is 5.28. The van der Waals surface area contributed by atoms with Crippen LogP contribution in [0, 0.1) is 0 Å². The molecule has 0 saturated carbocycles. The Labute approximate surface area is 140 Å². The summed E-state index contributed by atoms with van der Waals surface area (Å²) in [6.07, 6.45) is 1.20. The zero-order valence-electron chi connectivity index (χ0n) is 12.7. The summed E-state index contributed by atoms with van der Waals surface area (Å²) in [4.78, 5) is 2.23. The highest BCUT2D eigenvalue weighted by Crippen LogP contribution is 2.20. The van der Waals surface area contributed by atoms with Crippen LogP contribution in [0.3, 0.4) is 0 Å². The fourth-order valence-corrected chi connectivity index (χ4v) is 2.85. The average Bonchev–Trinajstić information content (AvgIpc) is 2.50. The van der Waals surface area contributed by atoms with Gasteiger partial charge in [-0.2, -0.15) is 13.5 Å². The lowest BCUT2D eigenvalue weighted by atomic mass is 10.0. The van der Waals surface area contributed by atoms with Gasteiger partial charge in [-0.15, -0.1) is 0 Å². The highest BCUT2D eigenvalue weighted by molar-refractivity contribution is 7.89. The van der Waals surface area contributed by atoms with E-state index in [1.165, 1.54) is 36.5 Å². The summed E-state index contributed by atoms with van der Waals surface area (Å²) < 4.78 is 24.3. The normalized spacial score (nSPS) is 12.0. The molecular weight excluding hydrogens is 336 g/mol. The molecular formula is C16H17ClN2O3S. The summed E-state index contributed by atoms with van der Waals surface area (Å²) >= 11 is 5.81. The fourth-order valence-electron chi connectivity index (χ4n) is 1.88. The lowest BCUT2D eigenvalue weighted by Crippen LogP contribution is -2.18. The Hall–Kier alpha value is -2.05. The van der Waals surface area contributed by atoms with Crippen LogP contribution < -0.4 is 4.83 Å². The number of nitrogens with one attached hydrogen (secondary N) is 1. The minimum Gasteiger partial charge on any atom is -0.507 e. The van der Waals surface area contributed by atoms with E-state index in [0.717, 1.165) is 5.56 Å². The Bertz CT molecular complexity index is 816. The van der Waals surface area contributed by atoms with E-state index in [2.05, 4.69) is 9.93 Å². The van der Waals surface area contributed by atoms with Gasteiger partial charge in [0.2, 0.25) is 0 Å². The number of aromatic hydroxyl groups is 1. The third-order valence-electron chi connectivity index (χ3n) is 3.22. The van der Waals surface area contributed by atoms with Gasteiger partial charge in [0.15, 0.2) is 0 Å². The van der Waals surface area contributed by atoms with Crippen molar-refractivity contribution in [3.05, 3.63) is 58.6 Å². The molecule has 2 aromatic rings. The molecule has 0 fully saturated rings. The van der Waals surface area contributed by atoms with Gasteiger partial charge in [-0.1, -0.05) is 37.6 Å². The van der Waals surface area contributed by atoms with Gasteiger partial charge >= 0.3 is 0 Å². The van der Waals surface area contributed by atoms with Crippen molar-refractivity contribution in [1.29, 1.82) is 0 Å². The molecule has 0 aliphatic rings. The van der Waals surface area contributed by atoms with Gasteiger partial charge in [-0.3, -0.25) is 0 Å². The maximum Gasteiger partial charge on any atom is 0.276 e. The number of hydrogen-bond acceptors (Lipinski definition) is 4. The first-order chi connectivity index (χ1) is 10.8. The van der Waals surface area contributed by atoms with E-state index >= 15 is 0 Å². The van der Waals surface area contributed by atoms with Crippen molar-refractivity contribution >= 4 is 27.8 Å². The Morgan fingerprint density at radius 3 is 2.43 bits per heavy atom. The molecule has 0 aromatic heterocycles. The van der Waals surface area contributed by atoms with Crippen LogP contribution >= 0.6 is 11.6 Å². The molecule has 0 atom stereocenters.